The second-order valence-corrected chi connectivity index (χ2v) is 7.93. The highest BCUT2D eigenvalue weighted by atomic mass is 31.2. The summed E-state index contributed by atoms with van der Waals surface area (Å²) in [5.41, 5.74) is 0. The summed E-state index contributed by atoms with van der Waals surface area (Å²) in [6, 6.07) is 0. The summed E-state index contributed by atoms with van der Waals surface area (Å²) in [4.78, 5) is 0. The topological polar surface area (TPSA) is 54.0 Å². The van der Waals surface area contributed by atoms with Gasteiger partial charge < -0.3 is 18.5 Å². The van der Waals surface area contributed by atoms with E-state index in [1.165, 1.54) is 0 Å². The summed E-state index contributed by atoms with van der Waals surface area (Å²) >= 11 is 0. The van der Waals surface area contributed by atoms with Gasteiger partial charge in [0.25, 0.3) is 0 Å². The van der Waals surface area contributed by atoms with Crippen LogP contribution >= 0.6 is 7.60 Å². The van der Waals surface area contributed by atoms with E-state index >= 15 is 0 Å². The van der Waals surface area contributed by atoms with E-state index in [9.17, 15) is 4.57 Å². The van der Waals surface area contributed by atoms with Gasteiger partial charge in [-0.05, 0) is 31.6 Å². The third kappa shape index (κ3) is 3.12. The summed E-state index contributed by atoms with van der Waals surface area (Å²) in [6.45, 7) is 1.15. The highest BCUT2D eigenvalue weighted by Gasteiger charge is 2.43. The van der Waals surface area contributed by atoms with Gasteiger partial charge in [0.15, 0.2) is 0 Å². The molecule has 3 saturated heterocycles. The third-order valence-corrected chi connectivity index (χ3v) is 6.38. The zero-order valence-electron chi connectivity index (χ0n) is 14.8. The minimum absolute atomic E-state index is 0.0211. The van der Waals surface area contributed by atoms with Gasteiger partial charge in [-0.15, -0.1) is 0 Å². The average Bonchev–Trinajstić information content (AvgIpc) is 3.00. The lowest BCUT2D eigenvalue weighted by Gasteiger charge is -2.34. The largest absolute Gasteiger partial charge is 0.378 e. The van der Waals surface area contributed by atoms with Crippen LogP contribution in [0.15, 0.2) is 0 Å². The van der Waals surface area contributed by atoms with Crippen LogP contribution in [0.3, 0.4) is 0 Å². The fourth-order valence-corrected chi connectivity index (χ4v) is 5.34. The quantitative estimate of drug-likeness (QED) is 0.750. The Morgan fingerprint density at radius 3 is 2.95 bits per heavy atom. The molecule has 0 amide bonds. The molecule has 0 saturated carbocycles. The van der Waals surface area contributed by atoms with Crippen molar-refractivity contribution in [3.8, 4) is 0 Å². The van der Waals surface area contributed by atoms with Crippen LogP contribution in [0.1, 0.15) is 37.2 Å². The van der Waals surface area contributed by atoms with E-state index in [1.807, 2.05) is 0 Å². The molecule has 0 aromatic carbocycles. The van der Waals surface area contributed by atoms with Crippen molar-refractivity contribution in [3.05, 3.63) is 0 Å². The Morgan fingerprint density at radius 1 is 1.35 bits per heavy atom. The second kappa shape index (κ2) is 6.05. The van der Waals surface area contributed by atoms with Gasteiger partial charge >= 0.3 is 7.60 Å². The molecule has 0 aromatic heterocycles. The lowest BCUT2D eigenvalue weighted by atomic mass is 9.91. The fraction of sp³-hybridized carbons (Fsp3) is 1.00. The summed E-state index contributed by atoms with van der Waals surface area (Å²) in [7, 11) is -3.28. The van der Waals surface area contributed by atoms with Crippen molar-refractivity contribution in [1.29, 1.82) is 0 Å². The van der Waals surface area contributed by atoms with Gasteiger partial charge in [0.05, 0.1) is 33.8 Å². The van der Waals surface area contributed by atoms with E-state index in [0.717, 1.165) is 6.42 Å². The molecule has 3 aliphatic heterocycles. The van der Waals surface area contributed by atoms with Crippen LogP contribution in [0.25, 0.3) is 0 Å². The molecule has 3 fully saturated rings. The van der Waals surface area contributed by atoms with E-state index in [2.05, 4.69) is 6.92 Å². The predicted octanol–water partition coefficient (Wildman–Crippen LogP) is 2.84. The van der Waals surface area contributed by atoms with Gasteiger partial charge in [0.2, 0.25) is 0 Å². The van der Waals surface area contributed by atoms with Crippen LogP contribution in [0.5, 0.6) is 0 Å². The van der Waals surface area contributed by atoms with Gasteiger partial charge in [-0.25, -0.2) is 0 Å². The SMILES string of the molecule is [2H]C[C@H]1O[C@H]([3H])C[C@@H]1O[P@@]1(=O)C[C@H]([C@H]2O[C@H]([3H])C[C@@H]2C)CCO1. The zero-order valence-corrected chi connectivity index (χ0v) is 12.7. The Bertz CT molecular complexity index is 468. The Kier molecular flexibility index (Phi) is 3.52. The number of rotatable bonds is 3. The Balaban J connectivity index is 1.64. The van der Waals surface area contributed by atoms with Crippen LogP contribution < -0.4 is 0 Å². The molecule has 0 unspecified atom stereocenters. The molecular weight excluding hydrogens is 279 g/mol. The van der Waals surface area contributed by atoms with Gasteiger partial charge in [0.1, 0.15) is 0 Å². The summed E-state index contributed by atoms with van der Waals surface area (Å²) in [5.74, 6) is 0.325. The van der Waals surface area contributed by atoms with Crippen molar-refractivity contribution in [1.82, 2.24) is 0 Å². The first-order chi connectivity index (χ1) is 10.9. The van der Waals surface area contributed by atoms with Crippen LogP contribution in [0.4, 0.5) is 0 Å². The smallest absolute Gasteiger partial charge is 0.331 e. The van der Waals surface area contributed by atoms with Gasteiger partial charge in [-0.2, -0.15) is 0 Å². The molecule has 5 nitrogen and oxygen atoms in total. The first-order valence-corrected chi connectivity index (χ1v) is 8.99. The molecule has 3 rings (SSSR count). The van der Waals surface area contributed by atoms with E-state index in [-0.39, 0.29) is 31.0 Å². The molecule has 0 aromatic rings. The van der Waals surface area contributed by atoms with Crippen molar-refractivity contribution in [2.24, 2.45) is 11.8 Å². The first-order valence-electron chi connectivity index (χ1n) is 9.13. The molecule has 116 valence electrons. The second-order valence-electron chi connectivity index (χ2n) is 5.88. The highest BCUT2D eigenvalue weighted by molar-refractivity contribution is 7.53. The van der Waals surface area contributed by atoms with E-state index < -0.39 is 33.0 Å². The minimum Gasteiger partial charge on any atom is -0.378 e. The molecule has 0 N–H and O–H groups in total. The predicted molar refractivity (Wildman–Crippen MR) is 75.0 cm³/mol. The summed E-state index contributed by atoms with van der Waals surface area (Å²) < 4.78 is 58.0. The number of ether oxygens (including phenoxy) is 2. The molecule has 0 bridgehead atoms. The third-order valence-electron chi connectivity index (χ3n) is 4.29. The average molecular weight is 309 g/mol. The van der Waals surface area contributed by atoms with Crippen LogP contribution in [0.2, 0.25) is 0 Å². The molecule has 3 heterocycles. The Labute approximate surface area is 125 Å². The molecule has 8 atom stereocenters. The van der Waals surface area contributed by atoms with Gasteiger partial charge in [0, 0.05) is 21.0 Å². The van der Waals surface area contributed by atoms with Gasteiger partial charge in [-0.3, -0.25) is 4.57 Å². The molecular formula is C14H25O5P. The molecule has 20 heavy (non-hydrogen) atoms. The van der Waals surface area contributed by atoms with E-state index in [0.29, 0.717) is 19.4 Å². The van der Waals surface area contributed by atoms with Crippen LogP contribution in [-0.4, -0.2) is 44.2 Å². The Hall–Kier alpha value is 0.0700. The normalized spacial score (nSPS) is 59.0. The van der Waals surface area contributed by atoms with Gasteiger partial charge in [-0.1, -0.05) is 6.92 Å². The molecule has 6 heteroatoms. The molecule has 0 radical (unpaired) electrons. The maximum Gasteiger partial charge on any atom is 0.331 e. The van der Waals surface area contributed by atoms with Crippen molar-refractivity contribution in [2.75, 3.05) is 25.9 Å². The lowest BCUT2D eigenvalue weighted by molar-refractivity contribution is 0.0207. The number of hydrogen-bond acceptors (Lipinski definition) is 5. The Morgan fingerprint density at radius 2 is 2.20 bits per heavy atom. The van der Waals surface area contributed by atoms with E-state index in [1.54, 1.807) is 0 Å². The zero-order chi connectivity index (χ0) is 16.6. The van der Waals surface area contributed by atoms with Crippen molar-refractivity contribution in [2.45, 2.75) is 51.4 Å². The van der Waals surface area contributed by atoms with Crippen LogP contribution in [0, 0.1) is 11.8 Å². The summed E-state index contributed by atoms with van der Waals surface area (Å²) in [5, 5.41) is 0. The maximum absolute atomic E-state index is 13.0. The van der Waals surface area contributed by atoms with E-state index in [4.69, 9.17) is 22.6 Å². The van der Waals surface area contributed by atoms with Crippen LogP contribution in [-0.2, 0) is 23.1 Å². The number of hydrogen-bond donors (Lipinski definition) is 0. The summed E-state index contributed by atoms with van der Waals surface area (Å²) in [6.07, 6.45) is 0.918. The maximum atomic E-state index is 13.0. The highest BCUT2D eigenvalue weighted by Crippen LogP contribution is 2.56. The van der Waals surface area contributed by atoms with Crippen molar-refractivity contribution < 1.29 is 27.2 Å². The van der Waals surface area contributed by atoms with Crippen molar-refractivity contribution >= 4 is 7.60 Å². The fourth-order valence-electron chi connectivity index (χ4n) is 3.11. The standard InChI is InChI=1S/C14H25O5P/c1-10-3-6-17-14(10)12-4-8-18-20(15,9-12)19-13-5-7-16-11(13)2/h10-14H,3-9H2,1-2H3/t10-,11+,12+,13-,14-,20+/m0/s1/i2D,6T,7T/t6-,7-,10+,11-,12-,13+,14+,20-/m1. The first kappa shape index (κ1) is 11.6. The lowest BCUT2D eigenvalue weighted by Crippen LogP contribution is -2.33. The monoisotopic (exact) mass is 309 g/mol. The molecule has 0 aliphatic carbocycles. The van der Waals surface area contributed by atoms with Crippen molar-refractivity contribution in [3.63, 3.8) is 0 Å². The molecule has 0 spiro atoms. The minimum atomic E-state index is -3.28. The molecule has 3 aliphatic rings.